The summed E-state index contributed by atoms with van der Waals surface area (Å²) in [6, 6.07) is 9.76. The van der Waals surface area contributed by atoms with Gasteiger partial charge in [0, 0.05) is 25.2 Å². The minimum Gasteiger partial charge on any atom is -0.396 e. The quantitative estimate of drug-likeness (QED) is 0.325. The maximum Gasteiger partial charge on any atom is 0.324 e. The van der Waals surface area contributed by atoms with Gasteiger partial charge in [-0.05, 0) is 63.0 Å². The number of rotatable bonds is 8. The van der Waals surface area contributed by atoms with Crippen LogP contribution < -0.4 is 9.64 Å². The van der Waals surface area contributed by atoms with E-state index >= 15 is 0 Å². The normalized spacial score (nSPS) is 22.4. The Morgan fingerprint density at radius 2 is 2.06 bits per heavy atom. The summed E-state index contributed by atoms with van der Waals surface area (Å²) in [5.41, 5.74) is 2.09. The van der Waals surface area contributed by atoms with Gasteiger partial charge in [-0.15, -0.1) is 11.7 Å². The second kappa shape index (κ2) is 9.96. The van der Waals surface area contributed by atoms with Crippen LogP contribution >= 0.6 is 11.3 Å². The Hall–Kier alpha value is -2.51. The fourth-order valence-electron chi connectivity index (χ4n) is 4.83. The third-order valence-corrected chi connectivity index (χ3v) is 7.46. The van der Waals surface area contributed by atoms with Crippen molar-refractivity contribution in [2.45, 2.75) is 51.0 Å². The van der Waals surface area contributed by atoms with Crippen molar-refractivity contribution in [1.82, 2.24) is 15.1 Å². The molecule has 170 valence electrons. The Labute approximate surface area is 194 Å². The molecule has 0 N–H and O–H groups in total. The number of fused-ring (bicyclic) bond motifs is 1. The van der Waals surface area contributed by atoms with Gasteiger partial charge in [0.25, 0.3) is 0 Å². The van der Waals surface area contributed by atoms with E-state index in [1.807, 2.05) is 43.3 Å². The van der Waals surface area contributed by atoms with E-state index in [4.69, 9.17) is 4.74 Å². The zero-order chi connectivity index (χ0) is 22.6. The third kappa shape index (κ3) is 4.94. The molecule has 2 aromatic rings. The van der Waals surface area contributed by atoms with Crippen molar-refractivity contribution in [2.75, 3.05) is 31.1 Å². The zero-order valence-electron chi connectivity index (χ0n) is 19.0. The standard InChI is InChI=1S/C25H32N4O2S/c1-4-5-7-11-19(2)21(20-12-8-6-9-13-20)22(30)31-24-27-26-23(32-24)28-16-17-29-15-10-14-25(29,3)18-28/h4,6,8-9,11-13,21H,1,5,7,10,14-18H2,2-3H3. The van der Waals surface area contributed by atoms with Gasteiger partial charge in [0.15, 0.2) is 0 Å². The summed E-state index contributed by atoms with van der Waals surface area (Å²) in [6.45, 7) is 12.2. The van der Waals surface area contributed by atoms with Crippen LogP contribution in [0.25, 0.3) is 0 Å². The molecule has 2 unspecified atom stereocenters. The van der Waals surface area contributed by atoms with Gasteiger partial charge >= 0.3 is 11.2 Å². The van der Waals surface area contributed by atoms with Gasteiger partial charge in [-0.25, -0.2) is 0 Å². The number of ether oxygens (including phenoxy) is 1. The molecule has 2 aliphatic heterocycles. The number of unbranched alkanes of at least 4 members (excludes halogenated alkanes) is 1. The van der Waals surface area contributed by atoms with Crippen molar-refractivity contribution in [3.8, 4) is 5.19 Å². The number of aromatic nitrogens is 2. The predicted molar refractivity (Wildman–Crippen MR) is 129 cm³/mol. The molecule has 2 fully saturated rings. The summed E-state index contributed by atoms with van der Waals surface area (Å²) in [5, 5.41) is 9.67. The lowest BCUT2D eigenvalue weighted by atomic mass is 9.91. The number of hydrogen-bond donors (Lipinski definition) is 0. The molecule has 2 saturated heterocycles. The van der Waals surface area contributed by atoms with Crippen LogP contribution in [0.5, 0.6) is 5.19 Å². The number of anilines is 1. The molecule has 0 bridgehead atoms. The van der Waals surface area contributed by atoms with Crippen LogP contribution in [0, 0.1) is 0 Å². The van der Waals surface area contributed by atoms with E-state index in [1.54, 1.807) is 0 Å². The summed E-state index contributed by atoms with van der Waals surface area (Å²) in [6.07, 6.45) is 8.16. The van der Waals surface area contributed by atoms with E-state index in [1.165, 1.54) is 30.7 Å². The molecule has 0 spiro atoms. The number of carbonyl (C=O) groups is 1. The maximum absolute atomic E-state index is 13.2. The number of hydrogen-bond acceptors (Lipinski definition) is 7. The van der Waals surface area contributed by atoms with Gasteiger partial charge in [0.05, 0.1) is 0 Å². The van der Waals surface area contributed by atoms with Crippen molar-refractivity contribution in [3.63, 3.8) is 0 Å². The first kappa shape index (κ1) is 22.7. The Morgan fingerprint density at radius 3 is 2.84 bits per heavy atom. The number of allylic oxidation sites excluding steroid dienone is 2. The summed E-state index contributed by atoms with van der Waals surface area (Å²) in [5.74, 6) is -0.784. The fourth-order valence-corrected chi connectivity index (χ4v) is 5.56. The number of carbonyl (C=O) groups excluding carboxylic acids is 1. The molecule has 32 heavy (non-hydrogen) atoms. The SMILES string of the molecule is C=CCCC=C(C)C(C(=O)Oc1nnc(N2CCN3CCCC3(C)C2)s1)c1ccccc1. The van der Waals surface area contributed by atoms with Crippen LogP contribution in [-0.4, -0.2) is 52.8 Å². The molecule has 3 heterocycles. The minimum absolute atomic E-state index is 0.201. The molecule has 0 radical (unpaired) electrons. The van der Waals surface area contributed by atoms with Crippen molar-refractivity contribution >= 4 is 22.4 Å². The molecule has 7 heteroatoms. The Morgan fingerprint density at radius 1 is 1.25 bits per heavy atom. The van der Waals surface area contributed by atoms with Crippen LogP contribution in [0.1, 0.15) is 51.0 Å². The first-order valence-electron chi connectivity index (χ1n) is 11.4. The van der Waals surface area contributed by atoms with Gasteiger partial charge in [-0.3, -0.25) is 9.69 Å². The first-order valence-corrected chi connectivity index (χ1v) is 12.2. The molecule has 0 amide bonds. The van der Waals surface area contributed by atoms with E-state index in [0.717, 1.165) is 48.7 Å². The van der Waals surface area contributed by atoms with Crippen LogP contribution in [0.4, 0.5) is 5.13 Å². The zero-order valence-corrected chi connectivity index (χ0v) is 19.8. The minimum atomic E-state index is -0.464. The average Bonchev–Trinajstić information content (AvgIpc) is 3.40. The molecular formula is C25H32N4O2S. The first-order chi connectivity index (χ1) is 15.5. The summed E-state index contributed by atoms with van der Waals surface area (Å²) in [7, 11) is 0. The van der Waals surface area contributed by atoms with Crippen LogP contribution in [0.3, 0.4) is 0 Å². The highest BCUT2D eigenvalue weighted by atomic mass is 32.1. The molecule has 6 nitrogen and oxygen atoms in total. The van der Waals surface area contributed by atoms with Crippen LogP contribution in [0.2, 0.25) is 0 Å². The van der Waals surface area contributed by atoms with Gasteiger partial charge in [-0.2, -0.15) is 0 Å². The van der Waals surface area contributed by atoms with Gasteiger partial charge in [0.2, 0.25) is 5.13 Å². The molecule has 0 saturated carbocycles. The molecule has 0 aliphatic carbocycles. The molecule has 1 aromatic carbocycles. The lowest BCUT2D eigenvalue weighted by Gasteiger charge is -2.44. The maximum atomic E-state index is 13.2. The van der Waals surface area contributed by atoms with Crippen molar-refractivity contribution < 1.29 is 9.53 Å². The molecule has 2 atom stereocenters. The Kier molecular flexibility index (Phi) is 7.06. The van der Waals surface area contributed by atoms with Crippen molar-refractivity contribution in [2.24, 2.45) is 0 Å². The van der Waals surface area contributed by atoms with E-state index < -0.39 is 5.92 Å². The highest BCUT2D eigenvalue weighted by Crippen LogP contribution is 2.36. The lowest BCUT2D eigenvalue weighted by molar-refractivity contribution is -0.135. The third-order valence-electron chi connectivity index (χ3n) is 6.59. The summed E-state index contributed by atoms with van der Waals surface area (Å²) in [4.78, 5) is 18.1. The molecular weight excluding hydrogens is 420 g/mol. The van der Waals surface area contributed by atoms with E-state index in [9.17, 15) is 4.79 Å². The number of nitrogens with zero attached hydrogens (tertiary/aromatic N) is 4. The highest BCUT2D eigenvalue weighted by molar-refractivity contribution is 7.17. The highest BCUT2D eigenvalue weighted by Gasteiger charge is 2.41. The fraction of sp³-hybridized carbons (Fsp3) is 0.480. The van der Waals surface area contributed by atoms with E-state index in [0.29, 0.717) is 5.19 Å². The molecule has 2 aliphatic rings. The average molecular weight is 453 g/mol. The van der Waals surface area contributed by atoms with Gasteiger partial charge < -0.3 is 9.64 Å². The Bertz CT molecular complexity index is 973. The molecule has 1 aromatic heterocycles. The number of esters is 1. The predicted octanol–water partition coefficient (Wildman–Crippen LogP) is 4.81. The summed E-state index contributed by atoms with van der Waals surface area (Å²) < 4.78 is 5.75. The number of benzene rings is 1. The smallest absolute Gasteiger partial charge is 0.324 e. The van der Waals surface area contributed by atoms with E-state index in [-0.39, 0.29) is 11.5 Å². The summed E-state index contributed by atoms with van der Waals surface area (Å²) >= 11 is 1.36. The topological polar surface area (TPSA) is 58.6 Å². The number of piperazine rings is 1. The molecule has 4 rings (SSSR count). The van der Waals surface area contributed by atoms with Crippen molar-refractivity contribution in [3.05, 3.63) is 60.2 Å². The Balaban J connectivity index is 1.47. The largest absolute Gasteiger partial charge is 0.396 e. The van der Waals surface area contributed by atoms with Crippen LogP contribution in [-0.2, 0) is 4.79 Å². The van der Waals surface area contributed by atoms with E-state index in [2.05, 4.69) is 39.6 Å². The van der Waals surface area contributed by atoms with Crippen molar-refractivity contribution in [1.29, 1.82) is 0 Å². The lowest BCUT2D eigenvalue weighted by Crippen LogP contribution is -2.57. The van der Waals surface area contributed by atoms with Gasteiger partial charge in [-0.1, -0.05) is 53.2 Å². The second-order valence-corrected chi connectivity index (χ2v) is 9.86. The van der Waals surface area contributed by atoms with Gasteiger partial charge in [0.1, 0.15) is 5.92 Å². The van der Waals surface area contributed by atoms with Crippen LogP contribution in [0.15, 0.2) is 54.6 Å². The second-order valence-electron chi connectivity index (χ2n) is 8.94. The monoisotopic (exact) mass is 452 g/mol.